The van der Waals surface area contributed by atoms with Crippen LogP contribution in [-0.2, 0) is 16.4 Å². The van der Waals surface area contributed by atoms with Crippen molar-refractivity contribution in [3.05, 3.63) is 77.2 Å². The Bertz CT molecular complexity index is 1980. The highest BCUT2D eigenvalue weighted by atomic mass is 32.2. The third-order valence-corrected chi connectivity index (χ3v) is 10.7. The fraction of sp³-hybridized carbons (Fsp3) is 0.412. The third-order valence-electron chi connectivity index (χ3n) is 8.47. The van der Waals surface area contributed by atoms with Crippen LogP contribution in [0.3, 0.4) is 0 Å². The van der Waals surface area contributed by atoms with Crippen LogP contribution in [0.25, 0.3) is 5.65 Å². The number of likely N-dealkylation sites (tertiary alicyclic amines) is 1. The van der Waals surface area contributed by atoms with Gasteiger partial charge in [0.25, 0.3) is 0 Å². The van der Waals surface area contributed by atoms with Crippen molar-refractivity contribution >= 4 is 38.8 Å². The van der Waals surface area contributed by atoms with E-state index >= 15 is 0 Å². The minimum absolute atomic E-state index is 0.0416. The van der Waals surface area contributed by atoms with Crippen LogP contribution in [0.15, 0.2) is 59.6 Å². The van der Waals surface area contributed by atoms with Crippen LogP contribution in [0, 0.1) is 13.8 Å². The summed E-state index contributed by atoms with van der Waals surface area (Å²) in [5, 5.41) is 17.8. The van der Waals surface area contributed by atoms with E-state index in [4.69, 9.17) is 14.7 Å². The molecule has 0 bridgehead atoms. The van der Waals surface area contributed by atoms with Crippen molar-refractivity contribution in [3.63, 3.8) is 0 Å². The molecule has 248 valence electrons. The van der Waals surface area contributed by atoms with E-state index < -0.39 is 15.1 Å². The predicted molar refractivity (Wildman–Crippen MR) is 184 cm³/mol. The highest BCUT2D eigenvalue weighted by Gasteiger charge is 2.26. The summed E-state index contributed by atoms with van der Waals surface area (Å²) in [5.74, 6) is 1.81. The molecule has 0 aliphatic carbocycles. The molecule has 13 heteroatoms. The van der Waals surface area contributed by atoms with Crippen molar-refractivity contribution in [2.24, 2.45) is 0 Å². The number of anilines is 4. The molecule has 0 saturated carbocycles. The van der Waals surface area contributed by atoms with Crippen LogP contribution in [0.1, 0.15) is 69.0 Å². The van der Waals surface area contributed by atoms with Gasteiger partial charge in [-0.15, -0.1) is 0 Å². The highest BCUT2D eigenvalue weighted by Crippen LogP contribution is 2.38. The Morgan fingerprint density at radius 2 is 1.74 bits per heavy atom. The van der Waals surface area contributed by atoms with Gasteiger partial charge in [-0.25, -0.2) is 8.42 Å². The fourth-order valence-corrected chi connectivity index (χ4v) is 7.26. The van der Waals surface area contributed by atoms with Crippen molar-refractivity contribution in [2.75, 3.05) is 23.7 Å². The van der Waals surface area contributed by atoms with Crippen LogP contribution in [-0.4, -0.2) is 67.5 Å². The average Bonchev–Trinajstić information content (AvgIpc) is 3.67. The van der Waals surface area contributed by atoms with Gasteiger partial charge in [0.15, 0.2) is 15.5 Å². The molecule has 1 aliphatic rings. The van der Waals surface area contributed by atoms with Crippen molar-refractivity contribution < 1.29 is 13.2 Å². The van der Waals surface area contributed by atoms with Gasteiger partial charge < -0.3 is 15.4 Å². The van der Waals surface area contributed by atoms with Gasteiger partial charge in [0.05, 0.1) is 39.5 Å². The van der Waals surface area contributed by atoms with Gasteiger partial charge in [-0.3, -0.25) is 10.00 Å². The fourth-order valence-electron chi connectivity index (χ4n) is 6.05. The van der Waals surface area contributed by atoms with E-state index in [0.717, 1.165) is 55.3 Å². The molecular weight excluding hydrogens is 615 g/mol. The van der Waals surface area contributed by atoms with E-state index in [1.54, 1.807) is 54.9 Å². The van der Waals surface area contributed by atoms with Crippen molar-refractivity contribution in [2.45, 2.75) is 83.1 Å². The minimum atomic E-state index is -3.55. The zero-order chi connectivity index (χ0) is 33.3. The Hall–Kier alpha value is -4.49. The minimum Gasteiger partial charge on any atom is -0.489 e. The van der Waals surface area contributed by atoms with Crippen molar-refractivity contribution in [1.29, 1.82) is 0 Å². The van der Waals surface area contributed by atoms with Gasteiger partial charge in [-0.2, -0.15) is 24.7 Å². The summed E-state index contributed by atoms with van der Waals surface area (Å²) in [6, 6.07) is 15.0. The number of aryl methyl sites for hydroxylation is 2. The average molecular weight is 658 g/mol. The van der Waals surface area contributed by atoms with Gasteiger partial charge >= 0.3 is 0 Å². The third kappa shape index (κ3) is 7.10. The van der Waals surface area contributed by atoms with E-state index in [0.29, 0.717) is 29.1 Å². The van der Waals surface area contributed by atoms with E-state index in [2.05, 4.69) is 56.0 Å². The lowest BCUT2D eigenvalue weighted by Crippen LogP contribution is -2.32. The number of hydrogen-bond donors (Lipinski definition) is 3. The zero-order valence-electron chi connectivity index (χ0n) is 27.8. The standard InChI is InChI=1S/C34H43N9O3S/c1-21(2)46-30-19-27(25-12-15-42(16-13-25)20-26-18-24(6)40-41-26)23(5)17-29(30)36-33-38-32-11-14-35-43(32)34(39-33)37-28-9-7-8-10-31(28)47(44,45)22(3)4/h7-11,14,17-19,21-22,25H,12-13,15-16,20H2,1-6H3,(H,40,41)(H2,36,37,38,39). The Labute approximate surface area is 275 Å². The summed E-state index contributed by atoms with van der Waals surface area (Å²) >= 11 is 0. The number of nitrogens with zero attached hydrogens (tertiary/aromatic N) is 6. The summed E-state index contributed by atoms with van der Waals surface area (Å²) in [4.78, 5) is 12.1. The zero-order valence-corrected chi connectivity index (χ0v) is 28.6. The maximum Gasteiger partial charge on any atom is 0.233 e. The summed E-state index contributed by atoms with van der Waals surface area (Å²) in [6.07, 6.45) is 3.70. The number of sulfone groups is 1. The summed E-state index contributed by atoms with van der Waals surface area (Å²) in [5.41, 5.74) is 6.34. The Morgan fingerprint density at radius 3 is 2.45 bits per heavy atom. The van der Waals surface area contributed by atoms with E-state index in [9.17, 15) is 8.42 Å². The van der Waals surface area contributed by atoms with Crippen LogP contribution in [0.4, 0.5) is 23.3 Å². The maximum atomic E-state index is 13.1. The molecule has 6 rings (SSSR count). The molecule has 1 saturated heterocycles. The number of piperidine rings is 1. The van der Waals surface area contributed by atoms with Gasteiger partial charge in [0, 0.05) is 18.3 Å². The molecule has 4 heterocycles. The second kappa shape index (κ2) is 13.3. The lowest BCUT2D eigenvalue weighted by atomic mass is 9.86. The number of rotatable bonds is 11. The Balaban J connectivity index is 1.27. The number of ether oxygens (including phenoxy) is 1. The second-order valence-corrected chi connectivity index (χ2v) is 15.2. The number of aromatic nitrogens is 6. The first-order valence-corrected chi connectivity index (χ1v) is 17.7. The molecule has 12 nitrogen and oxygen atoms in total. The second-order valence-electron chi connectivity index (χ2n) is 12.8. The number of benzene rings is 2. The van der Waals surface area contributed by atoms with E-state index in [-0.39, 0.29) is 11.0 Å². The Morgan fingerprint density at radius 1 is 0.979 bits per heavy atom. The highest BCUT2D eigenvalue weighted by molar-refractivity contribution is 7.92. The number of hydrogen-bond acceptors (Lipinski definition) is 10. The molecule has 5 aromatic rings. The van der Waals surface area contributed by atoms with Gasteiger partial charge in [-0.1, -0.05) is 12.1 Å². The lowest BCUT2D eigenvalue weighted by molar-refractivity contribution is 0.201. The summed E-state index contributed by atoms with van der Waals surface area (Å²) < 4.78 is 34.1. The first kappa shape index (κ1) is 32.5. The quantitative estimate of drug-likeness (QED) is 0.148. The molecule has 0 radical (unpaired) electrons. The molecule has 2 aromatic carbocycles. The van der Waals surface area contributed by atoms with Crippen molar-refractivity contribution in [3.8, 4) is 5.75 Å². The molecule has 0 unspecified atom stereocenters. The molecular formula is C34H43N9O3S. The maximum absolute atomic E-state index is 13.1. The van der Waals surface area contributed by atoms with E-state index in [1.807, 2.05) is 20.8 Å². The topological polar surface area (TPSA) is 142 Å². The number of nitrogens with one attached hydrogen (secondary N) is 3. The summed E-state index contributed by atoms with van der Waals surface area (Å²) in [6.45, 7) is 14.4. The lowest BCUT2D eigenvalue weighted by Gasteiger charge is -2.32. The predicted octanol–water partition coefficient (Wildman–Crippen LogP) is 6.30. The molecule has 3 aromatic heterocycles. The monoisotopic (exact) mass is 657 g/mol. The molecule has 0 atom stereocenters. The van der Waals surface area contributed by atoms with Crippen LogP contribution in [0.5, 0.6) is 5.75 Å². The van der Waals surface area contributed by atoms with Gasteiger partial charge in [0.1, 0.15) is 5.75 Å². The molecule has 1 aliphatic heterocycles. The van der Waals surface area contributed by atoms with Crippen molar-refractivity contribution in [1.82, 2.24) is 34.7 Å². The van der Waals surface area contributed by atoms with Crippen LogP contribution in [0.2, 0.25) is 0 Å². The van der Waals surface area contributed by atoms with Gasteiger partial charge in [0.2, 0.25) is 11.9 Å². The Kier molecular flexibility index (Phi) is 9.20. The largest absolute Gasteiger partial charge is 0.489 e. The SMILES string of the molecule is Cc1cc(CN2CCC(c3cc(OC(C)C)c(Nc4nc(Nc5ccccc5S(=O)(=O)C(C)C)n5nccc5n4)cc3C)CC2)n[nH]1. The molecule has 0 spiro atoms. The molecule has 47 heavy (non-hydrogen) atoms. The molecule has 0 amide bonds. The first-order chi connectivity index (χ1) is 22.5. The first-order valence-electron chi connectivity index (χ1n) is 16.1. The van der Waals surface area contributed by atoms with Crippen LogP contribution < -0.4 is 15.4 Å². The number of para-hydroxylation sites is 1. The molecule has 1 fully saturated rings. The van der Waals surface area contributed by atoms with Gasteiger partial charge in [-0.05, 0) is 115 Å². The smallest absolute Gasteiger partial charge is 0.233 e. The van der Waals surface area contributed by atoms with Crippen LogP contribution >= 0.6 is 0 Å². The summed E-state index contributed by atoms with van der Waals surface area (Å²) in [7, 11) is -3.55. The normalized spacial score (nSPS) is 14.7. The number of H-pyrrole nitrogens is 1. The van der Waals surface area contributed by atoms with E-state index in [1.165, 1.54) is 11.1 Å². The number of aromatic amines is 1. The molecule has 3 N–H and O–H groups in total. The number of fused-ring (bicyclic) bond motifs is 1.